The van der Waals surface area contributed by atoms with Crippen LogP contribution in [0, 0.1) is 4.84 Å². The van der Waals surface area contributed by atoms with Gasteiger partial charge in [0.25, 0.3) is 4.84 Å². The van der Waals surface area contributed by atoms with Crippen LogP contribution in [-0.4, -0.2) is 24.2 Å². The van der Waals surface area contributed by atoms with E-state index in [1.165, 1.54) is 11.1 Å². The quantitative estimate of drug-likeness (QED) is 0.254. The summed E-state index contributed by atoms with van der Waals surface area (Å²) in [6.45, 7) is 4.71. The Balaban J connectivity index is 1.40. The summed E-state index contributed by atoms with van der Waals surface area (Å²) in [5.74, 6) is 1.59. The second-order valence-electron chi connectivity index (χ2n) is 8.32. The van der Waals surface area contributed by atoms with Gasteiger partial charge in [-0.1, -0.05) is 79.7 Å². The first-order valence-electron chi connectivity index (χ1n) is 11.5. The highest BCUT2D eigenvalue weighted by Gasteiger charge is 2.15. The van der Waals surface area contributed by atoms with Crippen molar-refractivity contribution in [1.29, 1.82) is 0 Å². The molecule has 2 aromatic heterocycles. The number of imidazole rings is 1. The van der Waals surface area contributed by atoms with Gasteiger partial charge in [-0.25, -0.2) is 9.67 Å². The van der Waals surface area contributed by atoms with Crippen LogP contribution in [-0.2, 0) is 32.7 Å². The predicted molar refractivity (Wildman–Crippen MR) is 136 cm³/mol. The molecule has 0 unspecified atom stereocenters. The first kappa shape index (κ1) is 22.3. The van der Waals surface area contributed by atoms with Crippen LogP contribution in [0.3, 0.4) is 0 Å². The topological polar surface area (TPSA) is 52.0 Å². The summed E-state index contributed by atoms with van der Waals surface area (Å²) >= 11 is 5.56. The fourth-order valence-electron chi connectivity index (χ4n) is 4.24. The molecule has 34 heavy (non-hydrogen) atoms. The van der Waals surface area contributed by atoms with Crippen LogP contribution >= 0.6 is 12.2 Å². The minimum absolute atomic E-state index is 0.378. The van der Waals surface area contributed by atoms with Gasteiger partial charge in [0.2, 0.25) is 5.89 Å². The molecule has 0 bridgehead atoms. The Morgan fingerprint density at radius 2 is 1.47 bits per heavy atom. The summed E-state index contributed by atoms with van der Waals surface area (Å²) in [5.41, 5.74) is 4.54. The van der Waals surface area contributed by atoms with Gasteiger partial charge in [-0.3, -0.25) is 4.90 Å². The van der Waals surface area contributed by atoms with E-state index in [1.807, 2.05) is 30.3 Å². The highest BCUT2D eigenvalue weighted by atomic mass is 32.1. The molecular formula is C27H27N5OS. The molecule has 0 N–H and O–H groups in total. The molecule has 0 spiro atoms. The average molecular weight is 470 g/mol. The third-order valence-electron chi connectivity index (χ3n) is 5.82. The molecular weight excluding hydrogens is 442 g/mol. The molecule has 5 aromatic rings. The van der Waals surface area contributed by atoms with Crippen LogP contribution in [0.25, 0.3) is 11.0 Å². The normalized spacial score (nSPS) is 11.5. The number of hydrogen-bond donors (Lipinski definition) is 0. The number of nitrogens with zero attached hydrogens (tertiary/aromatic N) is 5. The number of rotatable bonds is 9. The van der Waals surface area contributed by atoms with Crippen molar-refractivity contribution in [2.75, 3.05) is 0 Å². The minimum atomic E-state index is 0.378. The predicted octanol–water partition coefficient (Wildman–Crippen LogP) is 5.83. The van der Waals surface area contributed by atoms with Crippen molar-refractivity contribution in [3.8, 4) is 0 Å². The van der Waals surface area contributed by atoms with Gasteiger partial charge in [0.1, 0.15) is 12.4 Å². The van der Waals surface area contributed by atoms with Gasteiger partial charge < -0.3 is 8.98 Å². The van der Waals surface area contributed by atoms with E-state index in [4.69, 9.17) is 26.7 Å². The van der Waals surface area contributed by atoms with Crippen LogP contribution in [0.15, 0.2) is 89.3 Å². The Bertz CT molecular complexity index is 1380. The van der Waals surface area contributed by atoms with Crippen LogP contribution in [0.1, 0.15) is 29.8 Å². The zero-order chi connectivity index (χ0) is 23.3. The monoisotopic (exact) mass is 469 g/mol. The molecule has 0 aliphatic heterocycles. The van der Waals surface area contributed by atoms with Gasteiger partial charge in [0.05, 0.1) is 17.7 Å². The molecule has 6 nitrogen and oxygen atoms in total. The lowest BCUT2D eigenvalue weighted by molar-refractivity contribution is 0.185. The molecule has 5 rings (SSSR count). The lowest BCUT2D eigenvalue weighted by Crippen LogP contribution is -2.26. The molecule has 0 radical (unpaired) electrons. The Morgan fingerprint density at radius 3 is 2.12 bits per heavy atom. The van der Waals surface area contributed by atoms with Crippen molar-refractivity contribution >= 4 is 23.3 Å². The molecule has 0 amide bonds. The SMILES string of the molecule is CCc1nc2ccccc2n1Cc1nn(CN(Cc2ccccc2)Cc2ccccc2)c(=S)o1. The fourth-order valence-corrected chi connectivity index (χ4v) is 4.43. The number of fused-ring (bicyclic) bond motifs is 1. The molecule has 0 atom stereocenters. The Hall–Kier alpha value is -3.55. The maximum Gasteiger partial charge on any atom is 0.288 e. The van der Waals surface area contributed by atoms with Crippen LogP contribution in [0.2, 0.25) is 0 Å². The van der Waals surface area contributed by atoms with Crippen LogP contribution in [0.4, 0.5) is 0 Å². The van der Waals surface area contributed by atoms with Gasteiger partial charge >= 0.3 is 0 Å². The van der Waals surface area contributed by atoms with Crippen molar-refractivity contribution in [2.24, 2.45) is 0 Å². The lowest BCUT2D eigenvalue weighted by atomic mass is 10.2. The van der Waals surface area contributed by atoms with E-state index in [2.05, 4.69) is 71.0 Å². The van der Waals surface area contributed by atoms with E-state index in [0.717, 1.165) is 36.4 Å². The second-order valence-corrected chi connectivity index (χ2v) is 8.67. The molecule has 7 heteroatoms. The maximum absolute atomic E-state index is 5.93. The van der Waals surface area contributed by atoms with Crippen LogP contribution in [0.5, 0.6) is 0 Å². The smallest absolute Gasteiger partial charge is 0.288 e. The summed E-state index contributed by atoms with van der Waals surface area (Å²) in [6, 6.07) is 29.0. The van der Waals surface area contributed by atoms with Crippen molar-refractivity contribution < 1.29 is 4.42 Å². The first-order chi connectivity index (χ1) is 16.7. The Labute approximate surface area is 204 Å². The van der Waals surface area contributed by atoms with Crippen molar-refractivity contribution in [3.05, 3.63) is 113 Å². The Morgan fingerprint density at radius 1 is 0.853 bits per heavy atom. The first-order valence-corrected chi connectivity index (χ1v) is 11.9. The minimum Gasteiger partial charge on any atom is -0.412 e. The standard InChI is InChI=1S/C27H27N5OS/c1-2-25-28-23-15-9-10-16-24(23)31(25)19-26-29-32(27(34)33-26)20-30(17-21-11-5-3-6-12-21)18-22-13-7-4-8-14-22/h3-16H,2,17-20H2,1H3. The second kappa shape index (κ2) is 10.2. The zero-order valence-corrected chi connectivity index (χ0v) is 20.0. The average Bonchev–Trinajstić information content (AvgIpc) is 3.40. The zero-order valence-electron chi connectivity index (χ0n) is 19.2. The number of aryl methyl sites for hydroxylation is 1. The van der Waals surface area contributed by atoms with E-state index in [-0.39, 0.29) is 0 Å². The Kier molecular flexibility index (Phi) is 6.65. The van der Waals surface area contributed by atoms with E-state index in [0.29, 0.717) is 23.9 Å². The molecule has 0 saturated heterocycles. The molecule has 172 valence electrons. The van der Waals surface area contributed by atoms with Gasteiger partial charge in [-0.2, -0.15) is 0 Å². The van der Waals surface area contributed by atoms with Crippen molar-refractivity contribution in [2.45, 2.75) is 39.6 Å². The van der Waals surface area contributed by atoms with E-state index < -0.39 is 0 Å². The lowest BCUT2D eigenvalue weighted by Gasteiger charge is -2.22. The van der Waals surface area contributed by atoms with E-state index in [9.17, 15) is 0 Å². The molecule has 3 aromatic carbocycles. The third-order valence-corrected chi connectivity index (χ3v) is 6.12. The van der Waals surface area contributed by atoms with Gasteiger partial charge in [-0.05, 0) is 35.5 Å². The van der Waals surface area contributed by atoms with Crippen molar-refractivity contribution in [1.82, 2.24) is 24.2 Å². The molecule has 2 heterocycles. The van der Waals surface area contributed by atoms with Gasteiger partial charge in [0, 0.05) is 19.5 Å². The number of aromatic nitrogens is 4. The summed E-state index contributed by atoms with van der Waals surface area (Å²) in [6.07, 6.45) is 0.831. The number of hydrogen-bond acceptors (Lipinski definition) is 5. The summed E-state index contributed by atoms with van der Waals surface area (Å²) in [7, 11) is 0. The molecule has 0 aliphatic carbocycles. The van der Waals surface area contributed by atoms with Gasteiger partial charge in [0.15, 0.2) is 0 Å². The summed E-state index contributed by atoms with van der Waals surface area (Å²) in [4.78, 5) is 7.45. The third kappa shape index (κ3) is 5.00. The maximum atomic E-state index is 5.93. The van der Waals surface area contributed by atoms with Crippen molar-refractivity contribution in [3.63, 3.8) is 0 Å². The molecule has 0 fully saturated rings. The van der Waals surface area contributed by atoms with Gasteiger partial charge in [-0.15, -0.1) is 5.10 Å². The summed E-state index contributed by atoms with van der Waals surface area (Å²) < 4.78 is 9.87. The fraction of sp³-hybridized carbons (Fsp3) is 0.222. The number of para-hydroxylation sites is 2. The molecule has 0 aliphatic rings. The highest BCUT2D eigenvalue weighted by Crippen LogP contribution is 2.19. The van der Waals surface area contributed by atoms with E-state index in [1.54, 1.807) is 4.68 Å². The number of benzene rings is 3. The largest absolute Gasteiger partial charge is 0.412 e. The molecule has 0 saturated carbocycles. The highest BCUT2D eigenvalue weighted by molar-refractivity contribution is 7.71. The van der Waals surface area contributed by atoms with Crippen LogP contribution < -0.4 is 0 Å². The van der Waals surface area contributed by atoms with E-state index >= 15 is 0 Å². The summed E-state index contributed by atoms with van der Waals surface area (Å²) in [5, 5.41) is 4.75.